The van der Waals surface area contributed by atoms with Crippen molar-refractivity contribution in [2.75, 3.05) is 13.2 Å². The molecule has 104 valence electrons. The first kappa shape index (κ1) is 12.9. The molecule has 0 spiro atoms. The monoisotopic (exact) mass is 260 g/mol. The third kappa shape index (κ3) is 2.77. The van der Waals surface area contributed by atoms with E-state index in [4.69, 9.17) is 10.5 Å². The topological polar surface area (TPSA) is 38.5 Å². The van der Waals surface area contributed by atoms with Crippen LogP contribution >= 0.6 is 0 Å². The number of hydrogen-bond donors (Lipinski definition) is 1. The number of nitrogens with two attached hydrogens (primary N) is 1. The minimum Gasteiger partial charge on any atom is -0.494 e. The molecule has 19 heavy (non-hydrogen) atoms. The van der Waals surface area contributed by atoms with Gasteiger partial charge in [0.25, 0.3) is 0 Å². The highest BCUT2D eigenvalue weighted by Crippen LogP contribution is 2.40. The van der Waals surface area contributed by atoms with E-state index in [9.17, 15) is 0 Å². The summed E-state index contributed by atoms with van der Waals surface area (Å²) in [6.07, 6.45) is 4.84. The van der Waals surface area contributed by atoms with E-state index in [2.05, 4.69) is 30.0 Å². The SMILES string of the molecule is CCCOc1cccc(C2C(N)CCN2C2CC2)c1. The molecule has 1 heterocycles. The van der Waals surface area contributed by atoms with E-state index in [1.165, 1.54) is 18.4 Å². The van der Waals surface area contributed by atoms with Crippen LogP contribution in [0.15, 0.2) is 24.3 Å². The van der Waals surface area contributed by atoms with Gasteiger partial charge in [-0.1, -0.05) is 19.1 Å². The number of benzene rings is 1. The Kier molecular flexibility index (Phi) is 3.76. The number of ether oxygens (including phenoxy) is 1. The van der Waals surface area contributed by atoms with Crippen LogP contribution in [0.3, 0.4) is 0 Å². The minimum absolute atomic E-state index is 0.266. The van der Waals surface area contributed by atoms with E-state index in [0.717, 1.165) is 37.8 Å². The molecule has 2 unspecified atom stereocenters. The van der Waals surface area contributed by atoms with Crippen molar-refractivity contribution in [2.45, 2.75) is 50.7 Å². The molecule has 1 aromatic rings. The van der Waals surface area contributed by atoms with Crippen molar-refractivity contribution in [1.82, 2.24) is 4.90 Å². The Bertz CT molecular complexity index is 431. The second-order valence-electron chi connectivity index (χ2n) is 5.79. The van der Waals surface area contributed by atoms with Crippen molar-refractivity contribution in [2.24, 2.45) is 5.73 Å². The van der Waals surface area contributed by atoms with E-state index < -0.39 is 0 Å². The predicted octanol–water partition coefficient (Wildman–Crippen LogP) is 2.71. The van der Waals surface area contributed by atoms with Gasteiger partial charge in [0.05, 0.1) is 12.6 Å². The van der Waals surface area contributed by atoms with Gasteiger partial charge in [-0.2, -0.15) is 0 Å². The summed E-state index contributed by atoms with van der Waals surface area (Å²) in [5.74, 6) is 0.981. The first-order chi connectivity index (χ1) is 9.29. The summed E-state index contributed by atoms with van der Waals surface area (Å²) in [5.41, 5.74) is 7.66. The highest BCUT2D eigenvalue weighted by molar-refractivity contribution is 5.32. The molecule has 3 heteroatoms. The molecule has 2 fully saturated rings. The van der Waals surface area contributed by atoms with Gasteiger partial charge in [-0.15, -0.1) is 0 Å². The fraction of sp³-hybridized carbons (Fsp3) is 0.625. The summed E-state index contributed by atoms with van der Waals surface area (Å²) in [5, 5.41) is 0. The Balaban J connectivity index is 1.79. The molecule has 1 saturated heterocycles. The molecule has 0 bridgehead atoms. The van der Waals surface area contributed by atoms with Gasteiger partial charge in [0.15, 0.2) is 0 Å². The Hall–Kier alpha value is -1.06. The highest BCUT2D eigenvalue weighted by atomic mass is 16.5. The second-order valence-corrected chi connectivity index (χ2v) is 5.79. The van der Waals surface area contributed by atoms with Crippen molar-refractivity contribution >= 4 is 0 Å². The minimum atomic E-state index is 0.266. The van der Waals surface area contributed by atoms with Crippen LogP contribution in [0.4, 0.5) is 0 Å². The molecular formula is C16H24N2O. The van der Waals surface area contributed by atoms with Gasteiger partial charge in [-0.25, -0.2) is 0 Å². The molecule has 2 N–H and O–H groups in total. The lowest BCUT2D eigenvalue weighted by Gasteiger charge is -2.27. The molecule has 2 aliphatic rings. The lowest BCUT2D eigenvalue weighted by atomic mass is 10.0. The highest BCUT2D eigenvalue weighted by Gasteiger charge is 2.41. The van der Waals surface area contributed by atoms with Gasteiger partial charge >= 0.3 is 0 Å². The van der Waals surface area contributed by atoms with E-state index in [0.29, 0.717) is 6.04 Å². The summed E-state index contributed by atoms with van der Waals surface area (Å²) >= 11 is 0. The molecule has 1 saturated carbocycles. The lowest BCUT2D eigenvalue weighted by molar-refractivity contribution is 0.236. The van der Waals surface area contributed by atoms with Crippen LogP contribution in [0, 0.1) is 0 Å². The zero-order valence-electron chi connectivity index (χ0n) is 11.7. The molecule has 2 atom stereocenters. The molecular weight excluding hydrogens is 236 g/mol. The Morgan fingerprint density at radius 3 is 2.89 bits per heavy atom. The molecule has 1 aromatic carbocycles. The fourth-order valence-electron chi connectivity index (χ4n) is 3.10. The van der Waals surface area contributed by atoms with Crippen molar-refractivity contribution in [3.05, 3.63) is 29.8 Å². The standard InChI is InChI=1S/C16H24N2O/c1-2-10-19-14-5-3-4-12(11-14)16-15(17)8-9-18(16)13-6-7-13/h3-5,11,13,15-16H,2,6-10,17H2,1H3. The van der Waals surface area contributed by atoms with E-state index in [1.54, 1.807) is 0 Å². The van der Waals surface area contributed by atoms with Crippen molar-refractivity contribution in [3.63, 3.8) is 0 Å². The van der Waals surface area contributed by atoms with Crippen LogP contribution in [0.2, 0.25) is 0 Å². The van der Waals surface area contributed by atoms with Gasteiger partial charge in [-0.3, -0.25) is 4.90 Å². The molecule has 3 rings (SSSR count). The third-order valence-electron chi connectivity index (χ3n) is 4.17. The average molecular weight is 260 g/mol. The summed E-state index contributed by atoms with van der Waals surface area (Å²) < 4.78 is 5.74. The number of nitrogens with zero attached hydrogens (tertiary/aromatic N) is 1. The quantitative estimate of drug-likeness (QED) is 0.884. The summed E-state index contributed by atoms with van der Waals surface area (Å²) in [6.45, 7) is 4.06. The Morgan fingerprint density at radius 1 is 1.32 bits per heavy atom. The molecule has 0 radical (unpaired) electrons. The fourth-order valence-corrected chi connectivity index (χ4v) is 3.10. The van der Waals surface area contributed by atoms with Crippen LogP contribution in [-0.2, 0) is 0 Å². The Morgan fingerprint density at radius 2 is 2.16 bits per heavy atom. The molecule has 1 aliphatic carbocycles. The summed E-state index contributed by atoms with van der Waals surface area (Å²) in [4.78, 5) is 2.60. The van der Waals surface area contributed by atoms with Crippen LogP contribution < -0.4 is 10.5 Å². The van der Waals surface area contributed by atoms with Crippen molar-refractivity contribution in [1.29, 1.82) is 0 Å². The molecule has 0 aromatic heterocycles. The van der Waals surface area contributed by atoms with Crippen LogP contribution in [-0.4, -0.2) is 30.1 Å². The summed E-state index contributed by atoms with van der Waals surface area (Å²) in [7, 11) is 0. The van der Waals surface area contributed by atoms with Crippen molar-refractivity contribution < 1.29 is 4.74 Å². The van der Waals surface area contributed by atoms with E-state index in [1.807, 2.05) is 6.07 Å². The smallest absolute Gasteiger partial charge is 0.119 e. The largest absolute Gasteiger partial charge is 0.494 e. The molecule has 0 amide bonds. The van der Waals surface area contributed by atoms with Gasteiger partial charge in [0.1, 0.15) is 5.75 Å². The third-order valence-corrected chi connectivity index (χ3v) is 4.17. The summed E-state index contributed by atoms with van der Waals surface area (Å²) in [6, 6.07) is 9.95. The molecule has 1 aliphatic heterocycles. The second kappa shape index (κ2) is 5.51. The van der Waals surface area contributed by atoms with E-state index in [-0.39, 0.29) is 6.04 Å². The maximum Gasteiger partial charge on any atom is 0.119 e. The van der Waals surface area contributed by atoms with Crippen LogP contribution in [0.1, 0.15) is 44.2 Å². The average Bonchev–Trinajstić information content (AvgIpc) is 3.20. The number of likely N-dealkylation sites (tertiary alicyclic amines) is 1. The zero-order valence-corrected chi connectivity index (χ0v) is 11.7. The van der Waals surface area contributed by atoms with Crippen molar-refractivity contribution in [3.8, 4) is 5.75 Å². The first-order valence-corrected chi connectivity index (χ1v) is 7.53. The Labute approximate surface area is 115 Å². The molecule has 3 nitrogen and oxygen atoms in total. The van der Waals surface area contributed by atoms with Crippen LogP contribution in [0.5, 0.6) is 5.75 Å². The maximum atomic E-state index is 6.33. The van der Waals surface area contributed by atoms with Crippen LogP contribution in [0.25, 0.3) is 0 Å². The lowest BCUT2D eigenvalue weighted by Crippen LogP contribution is -2.33. The number of hydrogen-bond acceptors (Lipinski definition) is 3. The van der Waals surface area contributed by atoms with Gasteiger partial charge in [-0.05, 0) is 43.4 Å². The predicted molar refractivity (Wildman–Crippen MR) is 77.3 cm³/mol. The van der Waals surface area contributed by atoms with Gasteiger partial charge < -0.3 is 10.5 Å². The zero-order chi connectivity index (χ0) is 13.2. The van der Waals surface area contributed by atoms with Gasteiger partial charge in [0.2, 0.25) is 0 Å². The normalized spacial score (nSPS) is 27.7. The maximum absolute atomic E-state index is 6.33. The number of rotatable bonds is 5. The van der Waals surface area contributed by atoms with Gasteiger partial charge in [0, 0.05) is 18.6 Å². The first-order valence-electron chi connectivity index (χ1n) is 7.53. The van der Waals surface area contributed by atoms with E-state index >= 15 is 0 Å².